The number of rotatable bonds is 25. The maximum atomic E-state index is 15.6. The van der Waals surface area contributed by atoms with Crippen molar-refractivity contribution in [2.45, 2.75) is 212 Å². The number of guanidine groups is 1. The second kappa shape index (κ2) is 48.0. The Bertz CT molecular complexity index is 3540. The van der Waals surface area contributed by atoms with Gasteiger partial charge in [0, 0.05) is 12.2 Å². The van der Waals surface area contributed by atoms with E-state index in [0.29, 0.717) is 0 Å². The van der Waals surface area contributed by atoms with Crippen molar-refractivity contribution < 1.29 is 133 Å². The van der Waals surface area contributed by atoms with Crippen LogP contribution in [0.25, 0.3) is 0 Å². The molecule has 1 saturated heterocycles. The van der Waals surface area contributed by atoms with Crippen LogP contribution in [0.2, 0.25) is 0 Å². The maximum Gasteiger partial charge on any atom is 0.490 e. The number of anilines is 1. The lowest BCUT2D eigenvalue weighted by Crippen LogP contribution is -2.64. The normalized spacial score (nSPS) is 21.9. The van der Waals surface area contributed by atoms with E-state index in [1.807, 2.05) is 19.2 Å². The molecule has 15 atom stereocenters. The fourth-order valence-electron chi connectivity index (χ4n) is 10.1. The van der Waals surface area contributed by atoms with Gasteiger partial charge in [0.05, 0.1) is 24.8 Å². The summed E-state index contributed by atoms with van der Waals surface area (Å²) >= 11 is 0. The largest absolute Gasteiger partial charge is 0.490 e. The number of carboxylic acids is 2. The van der Waals surface area contributed by atoms with Crippen molar-refractivity contribution in [3.63, 3.8) is 0 Å². The van der Waals surface area contributed by atoms with Crippen LogP contribution in [0.3, 0.4) is 0 Å². The first-order valence-electron chi connectivity index (χ1n) is 35.3. The number of para-hydroxylation sites is 1. The molecule has 38 nitrogen and oxygen atoms in total. The number of aliphatic hydroxyl groups is 3. The van der Waals surface area contributed by atoms with Gasteiger partial charge in [-0.3, -0.25) is 63.0 Å². The number of benzene rings is 2. The number of carboxylic acid groups (broad SMARTS) is 2. The van der Waals surface area contributed by atoms with Crippen LogP contribution in [0.15, 0.2) is 65.7 Å². The van der Waals surface area contributed by atoms with E-state index in [0.717, 1.165) is 6.92 Å². The third-order valence-electron chi connectivity index (χ3n) is 16.2. The van der Waals surface area contributed by atoms with Crippen LogP contribution in [0, 0.1) is 29.6 Å². The van der Waals surface area contributed by atoms with Crippen LogP contribution in [0.5, 0.6) is 0 Å². The molecule has 0 aromatic heterocycles. The van der Waals surface area contributed by atoms with E-state index in [1.165, 1.54) is 56.3 Å². The number of esters is 1. The molecule has 12 amide bonds. The van der Waals surface area contributed by atoms with Crippen LogP contribution >= 0.6 is 0 Å². The first-order valence-corrected chi connectivity index (χ1v) is 35.3. The number of alkyl halides is 6. The second-order valence-electron chi connectivity index (χ2n) is 27.6. The number of carbonyl (C=O) groups excluding carboxylic acids is 13. The highest BCUT2D eigenvalue weighted by Crippen LogP contribution is 2.26. The average Bonchev–Trinajstić information content (AvgIpc) is 0.807. The summed E-state index contributed by atoms with van der Waals surface area (Å²) in [5.41, 5.74) is 22.9. The number of nitrogens with one attached hydrogen (secondary N) is 11. The number of amides is 12. The zero-order valence-electron chi connectivity index (χ0n) is 63.8. The van der Waals surface area contributed by atoms with Gasteiger partial charge in [0.2, 0.25) is 65.0 Å². The summed E-state index contributed by atoms with van der Waals surface area (Å²) in [6, 6.07) is -3.54. The summed E-state index contributed by atoms with van der Waals surface area (Å²) in [5.74, 6) is -23.2. The van der Waals surface area contributed by atoms with Crippen LogP contribution in [-0.2, 0) is 76.6 Å². The van der Waals surface area contributed by atoms with Gasteiger partial charge in [0.15, 0.2) is 24.2 Å². The highest BCUT2D eigenvalue weighted by molar-refractivity contribution is 6.00. The number of nitrogens with zero attached hydrogens (tertiary/aromatic N) is 1. The minimum absolute atomic E-state index is 0.0324. The number of nitrogens with two attached hydrogens (primary N) is 4. The van der Waals surface area contributed by atoms with E-state index in [-0.39, 0.29) is 74.1 Å². The quantitative estimate of drug-likeness (QED) is 0.0170. The molecule has 1 aliphatic heterocycles. The van der Waals surface area contributed by atoms with Crippen molar-refractivity contribution in [3.8, 4) is 0 Å². The molecule has 0 saturated carbocycles. The molecule has 2 aromatic rings. The van der Waals surface area contributed by atoms with Gasteiger partial charge in [-0.15, -0.1) is 0 Å². The monoisotopic (exact) mass is 1620 g/mol. The Morgan fingerprint density at radius 1 is 0.602 bits per heavy atom. The third-order valence-corrected chi connectivity index (χ3v) is 16.2. The van der Waals surface area contributed by atoms with Crippen molar-refractivity contribution in [3.05, 3.63) is 66.2 Å². The molecule has 0 spiro atoms. The molecule has 1 aliphatic rings. The van der Waals surface area contributed by atoms with E-state index >= 15 is 19.2 Å². The van der Waals surface area contributed by atoms with E-state index in [1.54, 1.807) is 59.7 Å². The molecule has 113 heavy (non-hydrogen) atoms. The Morgan fingerprint density at radius 3 is 1.58 bits per heavy atom. The van der Waals surface area contributed by atoms with Crippen LogP contribution in [0.1, 0.15) is 126 Å². The predicted molar refractivity (Wildman–Crippen MR) is 388 cm³/mol. The van der Waals surface area contributed by atoms with Gasteiger partial charge in [-0.2, -0.15) is 26.3 Å². The van der Waals surface area contributed by atoms with Crippen LogP contribution in [-0.4, -0.2) is 231 Å². The number of ether oxygens (including phenoxy) is 2. The van der Waals surface area contributed by atoms with Gasteiger partial charge in [-0.25, -0.2) is 19.2 Å². The van der Waals surface area contributed by atoms with Gasteiger partial charge in [0.25, 0.3) is 0 Å². The Labute approximate surface area is 645 Å². The number of carbonyl (C=O) groups is 15. The number of halogens is 6. The molecule has 0 aliphatic carbocycles. The van der Waals surface area contributed by atoms with E-state index in [9.17, 15) is 84.8 Å². The zero-order valence-corrected chi connectivity index (χ0v) is 63.8. The standard InChI is InChI=1S/C65H102N16O18.2C2HF3O2/c1-12-35(10)45-59(92)79-46(36(11)82)58(91)71-29-44(83)77-48(51(85)53(67)86)61(94)76-43(30-98-65(97)72-38-22-17-14-18-23-38)63(96)99-52(37-20-15-13-16-21-37)49(81-57(90)42(28-33(6)7)74-54(87)39(66)26-31(2)3)62(95)80-47(50(84)34(8)9)60(93)75-41(27-32(4)5)56(89)73-40(55(88)78-45)24-19-25-70-64(68)69;2*3-2(4,5)1(6)7/h13-18,20-23,31-36,39-43,45-52,82,84-85H,12,19,24-30,66H2,1-11H3,(H2,67,86)(H,71,91)(H,72,97)(H,73,89)(H,74,87)(H,75,93)(H,76,94)(H,77,83)(H,78,88)(H,79,92)(H,80,95)(H,81,90)(H4,68,69,70);2*(H,6,7)/t35-,36-,39+,40+,41-,42-,43-,45-,46-,47-,48-,49-,50+,51-,52+;;/m0../s1. The first kappa shape index (κ1) is 100.0. The van der Waals surface area contributed by atoms with Crippen LogP contribution in [0.4, 0.5) is 36.8 Å². The van der Waals surface area contributed by atoms with Gasteiger partial charge >= 0.3 is 36.4 Å². The number of aliphatic carboxylic acids is 2. The number of cyclic esters (lactones) is 1. The second-order valence-corrected chi connectivity index (χ2v) is 27.6. The summed E-state index contributed by atoms with van der Waals surface area (Å²) in [7, 11) is 0. The lowest BCUT2D eigenvalue weighted by atomic mass is 9.95. The fraction of sp³-hybridized carbons (Fsp3) is 0.594. The molecule has 3 rings (SSSR count). The lowest BCUT2D eigenvalue weighted by Gasteiger charge is -2.34. The minimum Gasteiger partial charge on any atom is -0.475 e. The van der Waals surface area contributed by atoms with Crippen molar-refractivity contribution >= 4 is 101 Å². The Kier molecular flexibility index (Phi) is 42.5. The summed E-state index contributed by atoms with van der Waals surface area (Å²) in [6.45, 7) is 15.4. The zero-order chi connectivity index (χ0) is 86.7. The fourth-order valence-corrected chi connectivity index (χ4v) is 10.1. The van der Waals surface area contributed by atoms with Crippen molar-refractivity contribution in [1.29, 1.82) is 0 Å². The topological polar surface area (TPSA) is 624 Å². The minimum atomic E-state index is -5.08. The molecule has 1 heterocycles. The number of hydrogen-bond acceptors (Lipinski definition) is 22. The number of aliphatic imine (C=N–C) groups is 1. The number of hydrogen-bond donors (Lipinski definition) is 20. The van der Waals surface area contributed by atoms with E-state index in [2.05, 4.69) is 58.2 Å². The molecule has 44 heteroatoms. The highest BCUT2D eigenvalue weighted by Gasteiger charge is 2.45. The summed E-state index contributed by atoms with van der Waals surface area (Å²) in [6.07, 6.45) is -19.8. The molecular formula is C69H104F6N16O22. The smallest absolute Gasteiger partial charge is 0.475 e. The molecule has 24 N–H and O–H groups in total. The van der Waals surface area contributed by atoms with Crippen molar-refractivity contribution in [1.82, 2.24) is 53.2 Å². The molecule has 0 unspecified atom stereocenters. The van der Waals surface area contributed by atoms with E-state index in [4.69, 9.17) is 52.2 Å². The highest BCUT2D eigenvalue weighted by atomic mass is 19.4. The van der Waals surface area contributed by atoms with Gasteiger partial charge in [-0.1, -0.05) is 124 Å². The summed E-state index contributed by atoms with van der Waals surface area (Å²) < 4.78 is 75.0. The molecular weight excluding hydrogens is 1520 g/mol. The number of aliphatic hydroxyl groups excluding tert-OH is 3. The van der Waals surface area contributed by atoms with Gasteiger partial charge in [-0.05, 0) is 86.3 Å². The Morgan fingerprint density at radius 2 is 1.09 bits per heavy atom. The van der Waals surface area contributed by atoms with Crippen molar-refractivity contribution in [2.24, 2.45) is 57.5 Å². The van der Waals surface area contributed by atoms with Gasteiger partial charge < -0.3 is 111 Å². The SMILES string of the molecule is CC[C@H](C)[C@@H]1NC(=O)[C@@H](CCCN=C(N)N)NC(=O)[C@H](CC(C)C)NC(=O)[C@H]([C@H](O)C(C)C)NC(=O)[C@@H](NC(=O)[C@H](CC(C)C)NC(=O)[C@H](N)CC(C)C)[C@@H](c2ccccc2)OC(=O)[C@H](COC(=O)Nc2ccccc2)NC(=O)[C@H]([C@H](O)C(N)=O)NC(=O)CNC(=O)[C@H]([C@H](C)O)NC1=O.O=C(O)C(F)(F)F.O=C(O)C(F)(F)F. The third kappa shape index (κ3) is 36.8. The molecule has 0 radical (unpaired) electrons. The molecule has 0 bridgehead atoms. The molecule has 1 fully saturated rings. The average molecular weight is 1620 g/mol. The van der Waals surface area contributed by atoms with Crippen molar-refractivity contribution in [2.75, 3.05) is 25.0 Å². The predicted octanol–water partition coefficient (Wildman–Crippen LogP) is -1.91. The summed E-state index contributed by atoms with van der Waals surface area (Å²) in [5, 5.41) is 74.8. The lowest BCUT2D eigenvalue weighted by molar-refractivity contribution is -0.193. The van der Waals surface area contributed by atoms with E-state index < -0.39 is 217 Å². The summed E-state index contributed by atoms with van der Waals surface area (Å²) in [4.78, 5) is 208. The molecule has 2 aromatic carbocycles. The Balaban J connectivity index is 0.00000414. The Hall–Kier alpha value is -11.0. The molecule has 634 valence electrons. The maximum absolute atomic E-state index is 15.6. The van der Waals surface area contributed by atoms with Crippen LogP contribution < -0.4 is 81.4 Å². The number of primary amides is 1. The first-order chi connectivity index (χ1) is 52.3. The van der Waals surface area contributed by atoms with Gasteiger partial charge in [0.1, 0.15) is 54.9 Å².